The van der Waals surface area contributed by atoms with Gasteiger partial charge in [-0.15, -0.1) is 0 Å². The highest BCUT2D eigenvalue weighted by Gasteiger charge is 2.21. The number of rotatable bonds is 3. The molecular formula is C46H28O. The normalized spacial score (nSPS) is 11.8. The third-order valence-corrected chi connectivity index (χ3v) is 9.85. The summed E-state index contributed by atoms with van der Waals surface area (Å²) >= 11 is 0. The van der Waals surface area contributed by atoms with Crippen molar-refractivity contribution in [2.75, 3.05) is 0 Å². The fourth-order valence-corrected chi connectivity index (χ4v) is 7.86. The van der Waals surface area contributed by atoms with Crippen LogP contribution in [-0.4, -0.2) is 0 Å². The minimum atomic E-state index is 0.913. The number of hydrogen-bond donors (Lipinski definition) is 0. The Bertz CT molecular complexity index is 2780. The van der Waals surface area contributed by atoms with E-state index in [-0.39, 0.29) is 0 Å². The second-order valence-corrected chi connectivity index (χ2v) is 12.4. The number of furan rings is 1. The molecule has 1 aromatic heterocycles. The first-order valence-corrected chi connectivity index (χ1v) is 16.2. The Balaban J connectivity index is 1.33. The molecule has 0 bridgehead atoms. The highest BCUT2D eigenvalue weighted by molar-refractivity contribution is 6.26. The van der Waals surface area contributed by atoms with Gasteiger partial charge in [-0.05, 0) is 83.0 Å². The van der Waals surface area contributed by atoms with E-state index >= 15 is 0 Å². The third-order valence-electron chi connectivity index (χ3n) is 9.85. The third kappa shape index (κ3) is 3.84. The average molecular weight is 597 g/mol. The number of benzene rings is 9. The van der Waals surface area contributed by atoms with Gasteiger partial charge in [-0.25, -0.2) is 0 Å². The van der Waals surface area contributed by atoms with Crippen LogP contribution in [0.5, 0.6) is 0 Å². The van der Waals surface area contributed by atoms with E-state index < -0.39 is 0 Å². The van der Waals surface area contributed by atoms with Gasteiger partial charge in [-0.3, -0.25) is 0 Å². The van der Waals surface area contributed by atoms with Gasteiger partial charge < -0.3 is 4.42 Å². The smallest absolute Gasteiger partial charge is 0.143 e. The number of fused-ring (bicyclic) bond motifs is 7. The lowest BCUT2D eigenvalue weighted by molar-refractivity contribution is 0.670. The molecule has 1 nitrogen and oxygen atoms in total. The first kappa shape index (κ1) is 26.1. The lowest BCUT2D eigenvalue weighted by atomic mass is 9.83. The van der Waals surface area contributed by atoms with Crippen LogP contribution in [0.3, 0.4) is 0 Å². The minimum Gasteiger partial charge on any atom is -0.455 e. The van der Waals surface area contributed by atoms with Crippen LogP contribution < -0.4 is 0 Å². The van der Waals surface area contributed by atoms with Crippen LogP contribution in [0.4, 0.5) is 0 Å². The second-order valence-electron chi connectivity index (χ2n) is 12.4. The van der Waals surface area contributed by atoms with E-state index in [9.17, 15) is 0 Å². The van der Waals surface area contributed by atoms with E-state index in [1.807, 2.05) is 6.07 Å². The van der Waals surface area contributed by atoms with Crippen LogP contribution in [0.15, 0.2) is 174 Å². The first-order valence-electron chi connectivity index (χ1n) is 16.2. The van der Waals surface area contributed by atoms with Crippen molar-refractivity contribution in [1.29, 1.82) is 0 Å². The van der Waals surface area contributed by atoms with Crippen LogP contribution in [0.2, 0.25) is 0 Å². The monoisotopic (exact) mass is 596 g/mol. The van der Waals surface area contributed by atoms with Crippen LogP contribution >= 0.6 is 0 Å². The summed E-state index contributed by atoms with van der Waals surface area (Å²) in [6.07, 6.45) is 0. The molecule has 0 aliphatic heterocycles. The van der Waals surface area contributed by atoms with Crippen molar-refractivity contribution in [3.8, 4) is 33.4 Å². The van der Waals surface area contributed by atoms with E-state index in [1.165, 1.54) is 70.9 Å². The summed E-state index contributed by atoms with van der Waals surface area (Å²) in [6, 6.07) is 61.4. The molecule has 0 atom stereocenters. The Hall–Kier alpha value is -6.18. The Morgan fingerprint density at radius 2 is 0.766 bits per heavy atom. The van der Waals surface area contributed by atoms with Crippen LogP contribution in [0.25, 0.3) is 98.4 Å². The molecule has 10 aromatic rings. The second kappa shape index (κ2) is 10.2. The van der Waals surface area contributed by atoms with E-state index in [2.05, 4.69) is 164 Å². The van der Waals surface area contributed by atoms with Gasteiger partial charge in [0.1, 0.15) is 11.2 Å². The molecule has 0 N–H and O–H groups in total. The quantitative estimate of drug-likeness (QED) is 0.185. The van der Waals surface area contributed by atoms with E-state index in [1.54, 1.807) is 0 Å². The van der Waals surface area contributed by atoms with Crippen molar-refractivity contribution < 1.29 is 4.42 Å². The van der Waals surface area contributed by atoms with E-state index in [0.717, 1.165) is 27.5 Å². The molecule has 0 radical (unpaired) electrons. The van der Waals surface area contributed by atoms with Crippen LogP contribution in [0, 0.1) is 0 Å². The Morgan fingerprint density at radius 1 is 0.298 bits per heavy atom. The molecule has 218 valence electrons. The van der Waals surface area contributed by atoms with Gasteiger partial charge in [-0.2, -0.15) is 0 Å². The van der Waals surface area contributed by atoms with Gasteiger partial charge >= 0.3 is 0 Å². The molecule has 0 aliphatic rings. The number of hydrogen-bond acceptors (Lipinski definition) is 1. The summed E-state index contributed by atoms with van der Waals surface area (Å²) in [5.41, 5.74) is 9.19. The van der Waals surface area contributed by atoms with Gasteiger partial charge in [0.25, 0.3) is 0 Å². The van der Waals surface area contributed by atoms with Crippen molar-refractivity contribution in [3.05, 3.63) is 170 Å². The minimum absolute atomic E-state index is 0.913. The average Bonchev–Trinajstić information content (AvgIpc) is 3.51. The van der Waals surface area contributed by atoms with Crippen molar-refractivity contribution in [2.24, 2.45) is 0 Å². The molecule has 0 unspecified atom stereocenters. The molecule has 0 spiro atoms. The highest BCUT2D eigenvalue weighted by Crippen LogP contribution is 2.48. The Labute approximate surface area is 271 Å². The highest BCUT2D eigenvalue weighted by atomic mass is 16.3. The summed E-state index contributed by atoms with van der Waals surface area (Å²) < 4.78 is 6.68. The molecule has 9 aromatic carbocycles. The molecule has 10 rings (SSSR count). The first-order chi connectivity index (χ1) is 23.3. The maximum Gasteiger partial charge on any atom is 0.143 e. The molecular weight excluding hydrogens is 569 g/mol. The molecule has 1 heterocycles. The van der Waals surface area contributed by atoms with Crippen molar-refractivity contribution in [3.63, 3.8) is 0 Å². The maximum absolute atomic E-state index is 6.68. The zero-order valence-electron chi connectivity index (χ0n) is 25.6. The Morgan fingerprint density at radius 3 is 1.40 bits per heavy atom. The van der Waals surface area contributed by atoms with Crippen molar-refractivity contribution >= 4 is 65.0 Å². The van der Waals surface area contributed by atoms with Crippen molar-refractivity contribution in [1.82, 2.24) is 0 Å². The largest absolute Gasteiger partial charge is 0.455 e. The van der Waals surface area contributed by atoms with Crippen LogP contribution in [-0.2, 0) is 0 Å². The summed E-state index contributed by atoms with van der Waals surface area (Å²) in [7, 11) is 0. The summed E-state index contributed by atoms with van der Waals surface area (Å²) in [5.74, 6) is 0. The molecule has 0 saturated carbocycles. The summed E-state index contributed by atoms with van der Waals surface area (Å²) in [5, 5.41) is 12.2. The fraction of sp³-hybridized carbons (Fsp3) is 0. The van der Waals surface area contributed by atoms with Gasteiger partial charge in [0.05, 0.1) is 0 Å². The molecule has 0 amide bonds. The molecule has 47 heavy (non-hydrogen) atoms. The molecule has 1 heteroatoms. The fourth-order valence-electron chi connectivity index (χ4n) is 7.86. The molecule has 0 aliphatic carbocycles. The Kier molecular flexibility index (Phi) is 5.64. The zero-order valence-corrected chi connectivity index (χ0v) is 25.6. The standard InChI is InChI=1S/C46H28O/c1-2-14-29(15-3-1)43-35-21-8-10-23-37(35)44(38-24-11-9-22-36(38)43)39-26-27-40(33-19-7-6-18-32(33)39)45-31-17-5-4-16-30(31)28-41-34-20-12-13-25-42(34)47-46(41)45/h1-28H. The van der Waals surface area contributed by atoms with E-state index in [0.29, 0.717) is 0 Å². The number of para-hydroxylation sites is 1. The summed E-state index contributed by atoms with van der Waals surface area (Å²) in [4.78, 5) is 0. The van der Waals surface area contributed by atoms with Gasteiger partial charge in [0.15, 0.2) is 0 Å². The predicted molar refractivity (Wildman–Crippen MR) is 200 cm³/mol. The molecule has 0 fully saturated rings. The van der Waals surface area contributed by atoms with Crippen molar-refractivity contribution in [2.45, 2.75) is 0 Å². The van der Waals surface area contributed by atoms with Crippen LogP contribution in [0.1, 0.15) is 0 Å². The van der Waals surface area contributed by atoms with Gasteiger partial charge in [0, 0.05) is 16.3 Å². The maximum atomic E-state index is 6.68. The lowest BCUT2D eigenvalue weighted by Crippen LogP contribution is -1.93. The summed E-state index contributed by atoms with van der Waals surface area (Å²) in [6.45, 7) is 0. The predicted octanol–water partition coefficient (Wildman–Crippen LogP) is 13.2. The SMILES string of the molecule is c1ccc(-c2c3ccccc3c(-c3ccc(-c4c5ccccc5cc5c4oc4ccccc45)c4ccccc34)c3ccccc23)cc1. The van der Waals surface area contributed by atoms with Gasteiger partial charge in [-0.1, -0.05) is 158 Å². The van der Waals surface area contributed by atoms with E-state index in [4.69, 9.17) is 4.42 Å². The molecule has 0 saturated heterocycles. The lowest BCUT2D eigenvalue weighted by Gasteiger charge is -2.20. The zero-order chi connectivity index (χ0) is 30.9. The van der Waals surface area contributed by atoms with Gasteiger partial charge in [0.2, 0.25) is 0 Å². The topological polar surface area (TPSA) is 13.1 Å².